The quantitative estimate of drug-likeness (QED) is 0.238. The Labute approximate surface area is 184 Å². The first-order valence-electron chi connectivity index (χ1n) is 10.1. The van der Waals surface area contributed by atoms with Crippen LogP contribution in [0.25, 0.3) is 0 Å². The van der Waals surface area contributed by atoms with E-state index in [1.165, 1.54) is 5.56 Å². The molecule has 2 aromatic carbocycles. The number of para-hydroxylation sites is 1. The summed E-state index contributed by atoms with van der Waals surface area (Å²) in [6.45, 7) is 5.49. The van der Waals surface area contributed by atoms with Crippen molar-refractivity contribution in [1.29, 1.82) is 0 Å². The number of nitrogens with zero attached hydrogens (tertiary/aromatic N) is 1. The van der Waals surface area contributed by atoms with Gasteiger partial charge in [-0.3, -0.25) is 5.43 Å². The fourth-order valence-electron chi connectivity index (χ4n) is 2.72. The Morgan fingerprint density at radius 2 is 1.87 bits per heavy atom. The van der Waals surface area contributed by atoms with Gasteiger partial charge in [-0.1, -0.05) is 32.0 Å². The van der Waals surface area contributed by atoms with E-state index in [0.717, 1.165) is 24.2 Å². The molecule has 7 heteroatoms. The number of hydrazone groups is 1. The van der Waals surface area contributed by atoms with Crippen LogP contribution in [-0.4, -0.2) is 38.7 Å². The Bertz CT molecular complexity index is 825. The first-order valence-corrected chi connectivity index (χ1v) is 10.5. The fourth-order valence-corrected chi connectivity index (χ4v) is 2.77. The molecule has 30 heavy (non-hydrogen) atoms. The lowest BCUT2D eigenvalue weighted by Crippen LogP contribution is -2.28. The number of benzene rings is 2. The van der Waals surface area contributed by atoms with E-state index in [2.05, 4.69) is 41.8 Å². The van der Waals surface area contributed by atoms with E-state index in [0.29, 0.717) is 35.7 Å². The number of hydrogen-bond acceptors (Lipinski definition) is 5. The fraction of sp³-hybridized carbons (Fsp3) is 0.391. The largest absolute Gasteiger partial charge is 0.493 e. The highest BCUT2D eigenvalue weighted by Gasteiger charge is 2.09. The van der Waals surface area contributed by atoms with Gasteiger partial charge in [-0.2, -0.15) is 5.10 Å². The van der Waals surface area contributed by atoms with Gasteiger partial charge in [0, 0.05) is 19.0 Å². The van der Waals surface area contributed by atoms with Crippen molar-refractivity contribution >= 4 is 23.5 Å². The van der Waals surface area contributed by atoms with Crippen molar-refractivity contribution < 1.29 is 14.2 Å². The topological polar surface area (TPSA) is 64.1 Å². The number of hydrogen-bond donors (Lipinski definition) is 2. The van der Waals surface area contributed by atoms with Crippen molar-refractivity contribution in [2.45, 2.75) is 32.6 Å². The summed E-state index contributed by atoms with van der Waals surface area (Å²) in [6, 6.07) is 14.0. The Morgan fingerprint density at radius 3 is 2.53 bits per heavy atom. The maximum absolute atomic E-state index is 5.97. The number of ether oxygens (including phenoxy) is 3. The molecule has 6 nitrogen and oxygen atoms in total. The van der Waals surface area contributed by atoms with E-state index in [9.17, 15) is 0 Å². The van der Waals surface area contributed by atoms with Gasteiger partial charge in [0.1, 0.15) is 5.75 Å². The molecule has 0 aromatic heterocycles. The second-order valence-electron chi connectivity index (χ2n) is 6.76. The van der Waals surface area contributed by atoms with Gasteiger partial charge in [-0.15, -0.1) is 0 Å². The van der Waals surface area contributed by atoms with E-state index in [1.54, 1.807) is 20.4 Å². The maximum Gasteiger partial charge on any atom is 0.186 e. The Morgan fingerprint density at radius 1 is 1.13 bits per heavy atom. The van der Waals surface area contributed by atoms with Crippen LogP contribution >= 0.6 is 12.2 Å². The van der Waals surface area contributed by atoms with Crippen molar-refractivity contribution in [3.63, 3.8) is 0 Å². The molecule has 0 unspecified atom stereocenters. The number of methoxy groups -OCH3 is 1. The van der Waals surface area contributed by atoms with E-state index in [4.69, 9.17) is 26.4 Å². The van der Waals surface area contributed by atoms with Crippen LogP contribution in [0.1, 0.15) is 43.7 Å². The molecule has 0 amide bonds. The normalized spacial score (nSPS) is 11.7. The lowest BCUT2D eigenvalue weighted by Gasteiger charge is -2.14. The smallest absolute Gasteiger partial charge is 0.186 e. The molecule has 0 heterocycles. The van der Waals surface area contributed by atoms with Crippen LogP contribution in [0.15, 0.2) is 47.6 Å². The second-order valence-corrected chi connectivity index (χ2v) is 7.16. The van der Waals surface area contributed by atoms with Crippen LogP contribution in [0.5, 0.6) is 17.2 Å². The molecule has 0 bridgehead atoms. The maximum atomic E-state index is 5.97. The Kier molecular flexibility index (Phi) is 9.94. The van der Waals surface area contributed by atoms with Crippen LogP contribution in [-0.2, 0) is 0 Å². The van der Waals surface area contributed by atoms with Crippen molar-refractivity contribution in [3.8, 4) is 17.2 Å². The molecule has 0 saturated heterocycles. The molecule has 0 radical (unpaired) electrons. The van der Waals surface area contributed by atoms with E-state index in [1.807, 2.05) is 30.3 Å². The third-order valence-electron chi connectivity index (χ3n) is 4.69. The van der Waals surface area contributed by atoms with Gasteiger partial charge in [0.15, 0.2) is 16.6 Å². The predicted octanol–water partition coefficient (Wildman–Crippen LogP) is 4.48. The molecule has 0 aliphatic carbocycles. The molecule has 2 rings (SSSR count). The standard InChI is InChI=1S/C23H31N3O3S/c1-5-17(2)18-10-12-20(13-11-18)28-14-7-15-29-22-19(8-6-9-21(22)27-4)16-25-26-23(30)24-3/h6,8-13,16-17H,5,7,14-15H2,1-4H3,(H2,24,26,30)/b25-16-/t17-/m0/s1. The molecule has 0 fully saturated rings. The van der Waals surface area contributed by atoms with Crippen molar-refractivity contribution in [3.05, 3.63) is 53.6 Å². The van der Waals surface area contributed by atoms with Crippen LogP contribution in [0, 0.1) is 0 Å². The van der Waals surface area contributed by atoms with Crippen molar-refractivity contribution in [2.75, 3.05) is 27.4 Å². The zero-order valence-corrected chi connectivity index (χ0v) is 18.9. The zero-order chi connectivity index (χ0) is 21.8. The molecular formula is C23H31N3O3S. The summed E-state index contributed by atoms with van der Waals surface area (Å²) in [7, 11) is 3.34. The van der Waals surface area contributed by atoms with E-state index < -0.39 is 0 Å². The summed E-state index contributed by atoms with van der Waals surface area (Å²) in [4.78, 5) is 0. The van der Waals surface area contributed by atoms with Gasteiger partial charge in [-0.25, -0.2) is 0 Å². The molecule has 0 aliphatic rings. The number of nitrogens with one attached hydrogen (secondary N) is 2. The molecule has 162 valence electrons. The third-order valence-corrected chi connectivity index (χ3v) is 4.99. The highest BCUT2D eigenvalue weighted by molar-refractivity contribution is 7.80. The van der Waals surface area contributed by atoms with Crippen LogP contribution < -0.4 is 25.0 Å². The third kappa shape index (κ3) is 7.22. The highest BCUT2D eigenvalue weighted by Crippen LogP contribution is 2.30. The second kappa shape index (κ2) is 12.7. The first-order chi connectivity index (χ1) is 14.6. The highest BCUT2D eigenvalue weighted by atomic mass is 32.1. The number of rotatable bonds is 11. The van der Waals surface area contributed by atoms with Gasteiger partial charge in [0.2, 0.25) is 0 Å². The summed E-state index contributed by atoms with van der Waals surface area (Å²) >= 11 is 5.01. The van der Waals surface area contributed by atoms with Crippen molar-refractivity contribution in [1.82, 2.24) is 10.7 Å². The average molecular weight is 430 g/mol. The monoisotopic (exact) mass is 429 g/mol. The summed E-state index contributed by atoms with van der Waals surface area (Å²) in [5.41, 5.74) is 4.86. The minimum Gasteiger partial charge on any atom is -0.493 e. The van der Waals surface area contributed by atoms with E-state index >= 15 is 0 Å². The Balaban J connectivity index is 1.87. The number of thiocarbonyl (C=S) groups is 1. The zero-order valence-electron chi connectivity index (χ0n) is 18.1. The molecule has 2 N–H and O–H groups in total. The Hall–Kier alpha value is -2.80. The van der Waals surface area contributed by atoms with Gasteiger partial charge < -0.3 is 19.5 Å². The molecule has 1 atom stereocenters. The van der Waals surface area contributed by atoms with Crippen LogP contribution in [0.2, 0.25) is 0 Å². The molecular weight excluding hydrogens is 398 g/mol. The van der Waals surface area contributed by atoms with Gasteiger partial charge in [0.25, 0.3) is 0 Å². The average Bonchev–Trinajstić information content (AvgIpc) is 2.79. The first kappa shape index (κ1) is 23.5. The molecule has 0 spiro atoms. The lowest BCUT2D eigenvalue weighted by molar-refractivity contribution is 0.240. The molecule has 0 saturated carbocycles. The molecule has 0 aliphatic heterocycles. The van der Waals surface area contributed by atoms with E-state index in [-0.39, 0.29) is 0 Å². The van der Waals surface area contributed by atoms with Gasteiger partial charge in [0.05, 0.1) is 26.5 Å². The van der Waals surface area contributed by atoms with Gasteiger partial charge >= 0.3 is 0 Å². The summed E-state index contributed by atoms with van der Waals surface area (Å²) < 4.78 is 17.2. The summed E-state index contributed by atoms with van der Waals surface area (Å²) in [5.74, 6) is 2.73. The summed E-state index contributed by atoms with van der Waals surface area (Å²) in [5, 5.41) is 7.35. The SMILES string of the molecule is CC[C@H](C)c1ccc(OCCCOc2c(/C=N\NC(=S)NC)cccc2OC)cc1. The molecule has 2 aromatic rings. The van der Waals surface area contributed by atoms with Crippen LogP contribution in [0.4, 0.5) is 0 Å². The minimum atomic E-state index is 0.436. The lowest BCUT2D eigenvalue weighted by atomic mass is 9.99. The minimum absolute atomic E-state index is 0.436. The van der Waals surface area contributed by atoms with Crippen molar-refractivity contribution in [2.24, 2.45) is 5.10 Å². The van der Waals surface area contributed by atoms with Gasteiger partial charge in [-0.05, 0) is 54.4 Å². The predicted molar refractivity (Wildman–Crippen MR) is 126 cm³/mol. The summed E-state index contributed by atoms with van der Waals surface area (Å²) in [6.07, 6.45) is 3.52. The van der Waals surface area contributed by atoms with Crippen LogP contribution in [0.3, 0.4) is 0 Å².